The number of fused-ring (bicyclic) bond motifs is 2. The largest absolute Gasteiger partial charge is 0.573 e. The first kappa shape index (κ1) is 36.8. The molecule has 2 aliphatic rings. The minimum absolute atomic E-state index is 0.0287. The number of ether oxygens (including phenoxy) is 1. The normalized spacial score (nSPS) is 16.2. The van der Waals surface area contributed by atoms with Crippen LogP contribution in [0.3, 0.4) is 0 Å². The number of urea groups is 1. The van der Waals surface area contributed by atoms with E-state index < -0.39 is 46.9 Å². The molecule has 0 radical (unpaired) electrons. The van der Waals surface area contributed by atoms with Gasteiger partial charge in [-0.1, -0.05) is 45.0 Å². The summed E-state index contributed by atoms with van der Waals surface area (Å²) in [5, 5.41) is 16.7. The fourth-order valence-electron chi connectivity index (χ4n) is 7.22. The smallest absolute Gasteiger partial charge is 0.503 e. The van der Waals surface area contributed by atoms with Crippen LogP contribution in [0.4, 0.5) is 58.3 Å². The van der Waals surface area contributed by atoms with Gasteiger partial charge in [0.05, 0.1) is 22.6 Å². The average molecular weight is 731 g/mol. The average Bonchev–Trinajstić information content (AvgIpc) is 3.38. The number of benzene rings is 4. The maximum absolute atomic E-state index is 15.7. The van der Waals surface area contributed by atoms with Crippen molar-refractivity contribution in [2.75, 3.05) is 41.7 Å². The first-order valence-electron chi connectivity index (χ1n) is 16.6. The van der Waals surface area contributed by atoms with Gasteiger partial charge in [0.25, 0.3) is 0 Å². The maximum Gasteiger partial charge on any atom is 0.573 e. The number of anilines is 4. The molecule has 2 heterocycles. The highest BCUT2D eigenvalue weighted by Gasteiger charge is 2.49. The van der Waals surface area contributed by atoms with Gasteiger partial charge in [-0.05, 0) is 103 Å². The van der Waals surface area contributed by atoms with Crippen LogP contribution >= 0.6 is 0 Å². The molecular weight excluding hydrogens is 693 g/mol. The number of rotatable bonds is 6. The summed E-state index contributed by atoms with van der Waals surface area (Å²) in [6.45, 7) is 8.91. The van der Waals surface area contributed by atoms with Crippen molar-refractivity contribution in [3.05, 3.63) is 95.8 Å². The Labute approximate surface area is 296 Å². The molecule has 0 saturated carbocycles. The summed E-state index contributed by atoms with van der Waals surface area (Å²) in [5.41, 5.74) is 0.914. The molecule has 3 N–H and O–H groups in total. The molecule has 1 fully saturated rings. The van der Waals surface area contributed by atoms with Crippen LogP contribution in [0.2, 0.25) is 0 Å². The van der Waals surface area contributed by atoms with Gasteiger partial charge in [-0.25, -0.2) is 9.18 Å². The molecule has 1 spiro atoms. The standard InChI is InChI=1S/C38H37F7N4O3/c1-35(2,3)21-48-18-16-36(17-19-48)22-49(32-31(36)27(20-28(39)33(32)50)23-8-10-24(11-9-23)37(40,41)42)30-7-5-4-6-29(30)47-34(51)46-25-12-14-26(15-13-25)52-38(43,44)45/h4-15,20,50H,16-19,21-22H2,1-3H3,(H2,46,47,51). The molecule has 0 aromatic heterocycles. The Morgan fingerprint density at radius 1 is 0.885 bits per heavy atom. The van der Waals surface area contributed by atoms with Crippen LogP contribution in [0, 0.1) is 11.2 Å². The zero-order valence-electron chi connectivity index (χ0n) is 28.6. The number of phenols is 1. The Morgan fingerprint density at radius 2 is 1.52 bits per heavy atom. The molecule has 52 heavy (non-hydrogen) atoms. The Hall–Kier alpha value is -4.98. The van der Waals surface area contributed by atoms with E-state index in [1.165, 1.54) is 30.3 Å². The second-order valence-corrected chi connectivity index (χ2v) is 14.4. The first-order chi connectivity index (χ1) is 24.3. The molecule has 0 unspecified atom stereocenters. The Bertz CT molecular complexity index is 1930. The van der Waals surface area contributed by atoms with Gasteiger partial charge < -0.3 is 30.3 Å². The van der Waals surface area contributed by atoms with Crippen LogP contribution in [-0.4, -0.2) is 48.6 Å². The van der Waals surface area contributed by atoms with E-state index in [9.17, 15) is 36.2 Å². The van der Waals surface area contributed by atoms with Crippen LogP contribution in [0.15, 0.2) is 78.9 Å². The highest BCUT2D eigenvalue weighted by molar-refractivity contribution is 6.03. The second-order valence-electron chi connectivity index (χ2n) is 14.4. The molecule has 4 aromatic carbocycles. The molecule has 4 aromatic rings. The Kier molecular flexibility index (Phi) is 9.58. The van der Waals surface area contributed by atoms with Gasteiger partial charge in [-0.2, -0.15) is 13.2 Å². The van der Waals surface area contributed by atoms with Gasteiger partial charge in [0.15, 0.2) is 11.6 Å². The summed E-state index contributed by atoms with van der Waals surface area (Å²) < 4.78 is 97.8. The number of para-hydroxylation sites is 2. The lowest BCUT2D eigenvalue weighted by atomic mass is 9.71. The maximum atomic E-state index is 15.7. The lowest BCUT2D eigenvalue weighted by molar-refractivity contribution is -0.274. The van der Waals surface area contributed by atoms with Crippen molar-refractivity contribution in [3.63, 3.8) is 0 Å². The molecule has 1 saturated heterocycles. The minimum Gasteiger partial charge on any atom is -0.503 e. The molecule has 276 valence electrons. The molecule has 14 heteroatoms. The van der Waals surface area contributed by atoms with Crippen molar-refractivity contribution in [2.24, 2.45) is 5.41 Å². The number of nitrogens with zero attached hydrogens (tertiary/aromatic N) is 2. The molecule has 7 nitrogen and oxygen atoms in total. The number of nitrogens with one attached hydrogen (secondary N) is 2. The summed E-state index contributed by atoms with van der Waals surface area (Å²) in [6, 6.07) is 16.2. The lowest BCUT2D eigenvalue weighted by Gasteiger charge is -2.42. The number of aromatic hydroxyl groups is 1. The van der Waals surface area contributed by atoms with Gasteiger partial charge in [-0.3, -0.25) is 0 Å². The number of alkyl halides is 6. The molecule has 0 aliphatic carbocycles. The van der Waals surface area contributed by atoms with Gasteiger partial charge in [0.2, 0.25) is 0 Å². The number of hydrogen-bond acceptors (Lipinski definition) is 5. The van der Waals surface area contributed by atoms with Crippen molar-refractivity contribution in [1.29, 1.82) is 0 Å². The van der Waals surface area contributed by atoms with E-state index in [2.05, 4.69) is 41.0 Å². The number of carbonyl (C=O) groups excluding carboxylic acids is 1. The van der Waals surface area contributed by atoms with Crippen LogP contribution in [0.1, 0.15) is 44.7 Å². The Morgan fingerprint density at radius 3 is 2.12 bits per heavy atom. The Balaban J connectivity index is 1.38. The SMILES string of the molecule is CC(C)(C)CN1CCC2(CC1)CN(c1ccccc1NC(=O)Nc1ccc(OC(F)(F)F)cc1)c1c(O)c(F)cc(-c3ccc(C(F)(F)F)cc3)c12. The fourth-order valence-corrected chi connectivity index (χ4v) is 7.22. The molecule has 0 atom stereocenters. The van der Waals surface area contributed by atoms with Gasteiger partial charge in [-0.15, -0.1) is 13.2 Å². The van der Waals surface area contributed by atoms with E-state index in [4.69, 9.17) is 0 Å². The van der Waals surface area contributed by atoms with Crippen molar-refractivity contribution in [1.82, 2.24) is 4.90 Å². The molecule has 6 rings (SSSR count). The van der Waals surface area contributed by atoms with Crippen molar-refractivity contribution >= 4 is 28.8 Å². The summed E-state index contributed by atoms with van der Waals surface area (Å²) in [7, 11) is 0. The number of hydrogen-bond donors (Lipinski definition) is 3. The monoisotopic (exact) mass is 730 g/mol. The molecule has 0 bridgehead atoms. The van der Waals surface area contributed by atoms with E-state index in [1.807, 2.05) is 0 Å². The van der Waals surface area contributed by atoms with Crippen LogP contribution in [0.5, 0.6) is 11.5 Å². The van der Waals surface area contributed by atoms with Crippen molar-refractivity contribution in [2.45, 2.75) is 51.6 Å². The predicted octanol–water partition coefficient (Wildman–Crippen LogP) is 10.3. The van der Waals surface area contributed by atoms with Gasteiger partial charge in [0.1, 0.15) is 5.75 Å². The molecular formula is C38H37F7N4O3. The van der Waals surface area contributed by atoms with Crippen LogP contribution < -0.4 is 20.3 Å². The quantitative estimate of drug-likeness (QED) is 0.172. The first-order valence-corrected chi connectivity index (χ1v) is 16.6. The molecule has 2 amide bonds. The summed E-state index contributed by atoms with van der Waals surface area (Å²) in [6.07, 6.45) is -8.22. The van der Waals surface area contributed by atoms with E-state index in [0.29, 0.717) is 48.3 Å². The third kappa shape index (κ3) is 7.91. The summed E-state index contributed by atoms with van der Waals surface area (Å²) in [4.78, 5) is 17.2. The third-order valence-corrected chi connectivity index (χ3v) is 9.31. The highest BCUT2D eigenvalue weighted by Crippen LogP contribution is 2.58. The number of halogens is 7. The zero-order chi connectivity index (χ0) is 37.6. The number of phenolic OH excluding ortho intramolecular Hbond substituents is 1. The van der Waals surface area contributed by atoms with E-state index >= 15 is 4.39 Å². The summed E-state index contributed by atoms with van der Waals surface area (Å²) in [5.74, 6) is -2.04. The lowest BCUT2D eigenvalue weighted by Crippen LogP contribution is -2.47. The third-order valence-electron chi connectivity index (χ3n) is 9.31. The van der Waals surface area contributed by atoms with Crippen molar-refractivity contribution < 1.29 is 45.4 Å². The highest BCUT2D eigenvalue weighted by atomic mass is 19.4. The van der Waals surface area contributed by atoms with Gasteiger partial charge in [0, 0.05) is 24.2 Å². The second kappa shape index (κ2) is 13.5. The van der Waals surface area contributed by atoms with E-state index in [-0.39, 0.29) is 29.0 Å². The molecule has 2 aliphatic heterocycles. The number of carbonyl (C=O) groups is 1. The van der Waals surface area contributed by atoms with Crippen LogP contribution in [-0.2, 0) is 11.6 Å². The topological polar surface area (TPSA) is 77.1 Å². The minimum atomic E-state index is -4.87. The number of piperidine rings is 1. The number of amides is 2. The van der Waals surface area contributed by atoms with Crippen molar-refractivity contribution in [3.8, 4) is 22.6 Å². The zero-order valence-corrected chi connectivity index (χ0v) is 28.6. The predicted molar refractivity (Wildman–Crippen MR) is 185 cm³/mol. The van der Waals surface area contributed by atoms with Gasteiger partial charge >= 0.3 is 18.6 Å². The van der Waals surface area contributed by atoms with E-state index in [1.54, 1.807) is 29.2 Å². The summed E-state index contributed by atoms with van der Waals surface area (Å²) >= 11 is 0. The van der Waals surface area contributed by atoms with E-state index in [0.717, 1.165) is 30.8 Å². The number of likely N-dealkylation sites (tertiary alicyclic amines) is 1. The fraction of sp³-hybridized carbons (Fsp3) is 0.342. The van der Waals surface area contributed by atoms with Crippen LogP contribution in [0.25, 0.3) is 11.1 Å².